The molecule has 1 N–H and O–H groups in total. The molecule has 0 aromatic heterocycles. The van der Waals surface area contributed by atoms with Crippen molar-refractivity contribution < 1.29 is 9.13 Å². The molecule has 2 aliphatic heterocycles. The van der Waals surface area contributed by atoms with E-state index in [0.29, 0.717) is 6.04 Å². The van der Waals surface area contributed by atoms with Crippen molar-refractivity contribution in [3.63, 3.8) is 0 Å². The van der Waals surface area contributed by atoms with Crippen LogP contribution in [-0.4, -0.2) is 43.8 Å². The van der Waals surface area contributed by atoms with Crippen LogP contribution >= 0.6 is 0 Å². The Morgan fingerprint density at radius 3 is 2.79 bits per heavy atom. The monoisotopic (exact) mass is 326 g/mol. The number of halogens is 1. The molecule has 0 saturated carbocycles. The summed E-state index contributed by atoms with van der Waals surface area (Å²) in [5, 5.41) is 3.47. The number of nitrogens with one attached hydrogen (secondary N) is 1. The number of ether oxygens (including phenoxy) is 1. The Morgan fingerprint density at radius 2 is 1.92 bits per heavy atom. The van der Waals surface area contributed by atoms with Crippen molar-refractivity contribution in [2.24, 2.45) is 0 Å². The summed E-state index contributed by atoms with van der Waals surface area (Å²) >= 11 is 0. The molecule has 2 heterocycles. The van der Waals surface area contributed by atoms with E-state index in [-0.39, 0.29) is 11.9 Å². The fraction of sp³-hybridized carbons (Fsp3) is 0.400. The molecule has 2 atom stereocenters. The van der Waals surface area contributed by atoms with Crippen molar-refractivity contribution in [1.82, 2.24) is 10.2 Å². The number of hydrogen-bond donors (Lipinski definition) is 1. The molecule has 2 aromatic carbocycles. The lowest BCUT2D eigenvalue weighted by Crippen LogP contribution is -2.48. The summed E-state index contributed by atoms with van der Waals surface area (Å²) in [5.41, 5.74) is 3.87. The fourth-order valence-corrected chi connectivity index (χ4v) is 3.90. The maximum atomic E-state index is 13.4. The summed E-state index contributed by atoms with van der Waals surface area (Å²) in [7, 11) is 0. The first-order valence-electron chi connectivity index (χ1n) is 8.70. The molecule has 4 heteroatoms. The first-order chi connectivity index (χ1) is 11.8. The second-order valence-electron chi connectivity index (χ2n) is 6.57. The summed E-state index contributed by atoms with van der Waals surface area (Å²) in [4.78, 5) is 2.52. The molecule has 0 bridgehead atoms. The van der Waals surface area contributed by atoms with E-state index >= 15 is 0 Å². The minimum Gasteiger partial charge on any atom is -0.378 e. The van der Waals surface area contributed by atoms with Gasteiger partial charge in [0.1, 0.15) is 5.82 Å². The molecule has 0 spiro atoms. The predicted molar refractivity (Wildman–Crippen MR) is 92.6 cm³/mol. The van der Waals surface area contributed by atoms with E-state index in [2.05, 4.69) is 34.5 Å². The zero-order chi connectivity index (χ0) is 16.4. The molecule has 24 heavy (non-hydrogen) atoms. The van der Waals surface area contributed by atoms with Crippen LogP contribution in [0.25, 0.3) is 0 Å². The smallest absolute Gasteiger partial charge is 0.123 e. The molecule has 0 radical (unpaired) electrons. The lowest BCUT2D eigenvalue weighted by atomic mass is 9.87. The van der Waals surface area contributed by atoms with E-state index in [4.69, 9.17) is 4.74 Å². The van der Waals surface area contributed by atoms with Gasteiger partial charge < -0.3 is 10.1 Å². The van der Waals surface area contributed by atoms with Crippen LogP contribution in [-0.2, 0) is 11.2 Å². The Labute approximate surface area is 142 Å². The highest BCUT2D eigenvalue weighted by atomic mass is 19.1. The molecule has 0 amide bonds. The minimum atomic E-state index is -0.186. The van der Waals surface area contributed by atoms with Crippen LogP contribution in [0.1, 0.15) is 22.7 Å². The van der Waals surface area contributed by atoms with E-state index in [0.717, 1.165) is 44.8 Å². The van der Waals surface area contributed by atoms with Crippen molar-refractivity contribution in [2.45, 2.75) is 18.5 Å². The maximum Gasteiger partial charge on any atom is 0.123 e. The molecule has 126 valence electrons. The molecular formula is C20H23FN2O. The van der Waals surface area contributed by atoms with Crippen molar-refractivity contribution in [3.05, 3.63) is 71.0 Å². The second kappa shape index (κ2) is 7.01. The first kappa shape index (κ1) is 15.8. The molecule has 1 fully saturated rings. The number of benzene rings is 2. The van der Waals surface area contributed by atoms with Crippen molar-refractivity contribution >= 4 is 0 Å². The Balaban J connectivity index is 1.73. The number of rotatable bonds is 2. The normalized spacial score (nSPS) is 25.0. The van der Waals surface area contributed by atoms with Crippen LogP contribution in [0.3, 0.4) is 0 Å². The van der Waals surface area contributed by atoms with Gasteiger partial charge in [-0.15, -0.1) is 0 Å². The van der Waals surface area contributed by atoms with Gasteiger partial charge in [0.15, 0.2) is 0 Å². The Hall–Kier alpha value is -1.75. The number of nitrogens with zero attached hydrogens (tertiary/aromatic N) is 1. The van der Waals surface area contributed by atoms with Gasteiger partial charge in [-0.1, -0.05) is 36.4 Å². The summed E-state index contributed by atoms with van der Waals surface area (Å²) in [6.45, 7) is 4.34. The first-order valence-corrected chi connectivity index (χ1v) is 8.70. The lowest BCUT2D eigenvalue weighted by Gasteiger charge is -2.42. The highest BCUT2D eigenvalue weighted by Gasteiger charge is 2.33. The van der Waals surface area contributed by atoms with Gasteiger partial charge in [-0.25, -0.2) is 4.39 Å². The standard InChI is InChI=1S/C20H23FN2O/c21-17-7-5-16(6-8-17)20-19-4-2-1-3-15(19)9-11-23(20)18-13-22-10-12-24-14-18/h1-8,18,20,22H,9-14H2/t18-,20+/m0/s1. The maximum absolute atomic E-state index is 13.4. The van der Waals surface area contributed by atoms with Crippen LogP contribution < -0.4 is 5.32 Å². The average Bonchev–Trinajstić information content (AvgIpc) is 2.91. The van der Waals surface area contributed by atoms with Gasteiger partial charge >= 0.3 is 0 Å². The summed E-state index contributed by atoms with van der Waals surface area (Å²) in [6, 6.07) is 16.1. The second-order valence-corrected chi connectivity index (χ2v) is 6.57. The third-order valence-electron chi connectivity index (χ3n) is 5.09. The van der Waals surface area contributed by atoms with Gasteiger partial charge in [-0.2, -0.15) is 0 Å². The molecule has 3 nitrogen and oxygen atoms in total. The number of hydrogen-bond acceptors (Lipinski definition) is 3. The van der Waals surface area contributed by atoms with Crippen LogP contribution in [0.4, 0.5) is 4.39 Å². The van der Waals surface area contributed by atoms with Crippen molar-refractivity contribution in [1.29, 1.82) is 0 Å². The SMILES string of the molecule is Fc1ccc([C@@H]2c3ccccc3CCN2[C@H]2CNCCOC2)cc1. The van der Waals surface area contributed by atoms with E-state index in [9.17, 15) is 4.39 Å². The Bertz CT molecular complexity index is 680. The van der Waals surface area contributed by atoms with Gasteiger partial charge in [0.2, 0.25) is 0 Å². The zero-order valence-corrected chi connectivity index (χ0v) is 13.7. The predicted octanol–water partition coefficient (Wildman–Crippen LogP) is 2.76. The van der Waals surface area contributed by atoms with Crippen molar-refractivity contribution in [3.8, 4) is 0 Å². The van der Waals surface area contributed by atoms with E-state index in [1.807, 2.05) is 12.1 Å². The summed E-state index contributed by atoms with van der Waals surface area (Å²) in [5.74, 6) is -0.186. The van der Waals surface area contributed by atoms with Crippen LogP contribution in [0.15, 0.2) is 48.5 Å². The Morgan fingerprint density at radius 1 is 1.08 bits per heavy atom. The van der Waals surface area contributed by atoms with Gasteiger partial charge in [-0.05, 0) is 35.2 Å². The molecule has 0 aliphatic carbocycles. The molecule has 1 saturated heterocycles. The van der Waals surface area contributed by atoms with Crippen LogP contribution in [0.2, 0.25) is 0 Å². The third kappa shape index (κ3) is 3.09. The van der Waals surface area contributed by atoms with Gasteiger partial charge in [0, 0.05) is 25.7 Å². The Kier molecular flexibility index (Phi) is 4.60. The lowest BCUT2D eigenvalue weighted by molar-refractivity contribution is 0.0610. The number of fused-ring (bicyclic) bond motifs is 1. The van der Waals surface area contributed by atoms with E-state index < -0.39 is 0 Å². The topological polar surface area (TPSA) is 24.5 Å². The largest absolute Gasteiger partial charge is 0.378 e. The zero-order valence-electron chi connectivity index (χ0n) is 13.7. The third-order valence-corrected chi connectivity index (χ3v) is 5.09. The van der Waals surface area contributed by atoms with Crippen LogP contribution in [0.5, 0.6) is 0 Å². The van der Waals surface area contributed by atoms with E-state index in [1.54, 1.807) is 12.1 Å². The van der Waals surface area contributed by atoms with E-state index in [1.165, 1.54) is 11.1 Å². The highest BCUT2D eigenvalue weighted by molar-refractivity contribution is 5.40. The molecule has 0 unspecified atom stereocenters. The summed E-state index contributed by atoms with van der Waals surface area (Å²) in [6.07, 6.45) is 1.05. The minimum absolute atomic E-state index is 0.157. The summed E-state index contributed by atoms with van der Waals surface area (Å²) < 4.78 is 19.2. The molecule has 2 aliphatic rings. The molecule has 2 aromatic rings. The van der Waals surface area contributed by atoms with Crippen molar-refractivity contribution in [2.75, 3.05) is 32.8 Å². The molecule has 4 rings (SSSR count). The molecular weight excluding hydrogens is 303 g/mol. The van der Waals surface area contributed by atoms with Gasteiger partial charge in [0.05, 0.1) is 19.3 Å². The fourth-order valence-electron chi connectivity index (χ4n) is 3.90. The van der Waals surface area contributed by atoms with Gasteiger partial charge in [-0.3, -0.25) is 4.90 Å². The average molecular weight is 326 g/mol. The van der Waals surface area contributed by atoms with Crippen LogP contribution in [0, 0.1) is 5.82 Å². The highest BCUT2D eigenvalue weighted by Crippen LogP contribution is 2.36. The van der Waals surface area contributed by atoms with Gasteiger partial charge in [0.25, 0.3) is 0 Å². The quantitative estimate of drug-likeness (QED) is 0.918.